The fourth-order valence-electron chi connectivity index (χ4n) is 1.79. The van der Waals surface area contributed by atoms with Crippen LogP contribution in [0.15, 0.2) is 18.2 Å². The van der Waals surface area contributed by atoms with Crippen LogP contribution < -0.4 is 0 Å². The van der Waals surface area contributed by atoms with Gasteiger partial charge in [-0.3, -0.25) is 4.79 Å². The summed E-state index contributed by atoms with van der Waals surface area (Å²) in [6.07, 6.45) is 0.476. The predicted octanol–water partition coefficient (Wildman–Crippen LogP) is 1.75. The number of carbonyl (C=O) groups is 1. The molecule has 1 aliphatic rings. The highest BCUT2D eigenvalue weighted by atomic mass is 16.5. The van der Waals surface area contributed by atoms with Crippen molar-refractivity contribution in [1.82, 2.24) is 0 Å². The molecule has 2 rings (SSSR count). The molecule has 1 aromatic rings. The third kappa shape index (κ3) is 1.27. The first-order chi connectivity index (χ1) is 6.22. The molecule has 0 bridgehead atoms. The molecule has 0 saturated heterocycles. The molecule has 13 heavy (non-hydrogen) atoms. The Morgan fingerprint density at radius 3 is 2.92 bits per heavy atom. The van der Waals surface area contributed by atoms with E-state index in [-0.39, 0.29) is 11.9 Å². The molecule has 0 amide bonds. The highest BCUT2D eigenvalue weighted by molar-refractivity contribution is 6.03. The lowest BCUT2D eigenvalue weighted by molar-refractivity contribution is 0.0646. The third-order valence-corrected chi connectivity index (χ3v) is 2.51. The van der Waals surface area contributed by atoms with Crippen molar-refractivity contribution in [2.45, 2.75) is 19.4 Å². The molecule has 0 fully saturated rings. The summed E-state index contributed by atoms with van der Waals surface area (Å²) in [4.78, 5) is 11.6. The second-order valence-corrected chi connectivity index (χ2v) is 3.45. The molecule has 0 heterocycles. The highest BCUT2D eigenvalue weighted by Gasteiger charge is 2.29. The lowest BCUT2D eigenvalue weighted by Gasteiger charge is -2.02. The van der Waals surface area contributed by atoms with Crippen molar-refractivity contribution in [3.63, 3.8) is 0 Å². The second kappa shape index (κ2) is 2.96. The van der Waals surface area contributed by atoms with Gasteiger partial charge in [0.1, 0.15) is 6.10 Å². The number of methoxy groups -OCH3 is 1. The van der Waals surface area contributed by atoms with Gasteiger partial charge in [-0.05, 0) is 12.5 Å². The van der Waals surface area contributed by atoms with Crippen LogP contribution in [0.5, 0.6) is 0 Å². The van der Waals surface area contributed by atoms with Gasteiger partial charge in [-0.15, -0.1) is 0 Å². The Morgan fingerprint density at radius 2 is 2.23 bits per heavy atom. The van der Waals surface area contributed by atoms with E-state index in [4.69, 9.17) is 4.74 Å². The zero-order valence-electron chi connectivity index (χ0n) is 7.83. The van der Waals surface area contributed by atoms with Crippen LogP contribution in [0, 0.1) is 6.92 Å². The van der Waals surface area contributed by atoms with Crippen LogP contribution in [0.1, 0.15) is 21.5 Å². The minimum Gasteiger partial charge on any atom is -0.373 e. The van der Waals surface area contributed by atoms with Gasteiger partial charge in [0.15, 0.2) is 5.78 Å². The molecule has 2 heteroatoms. The zero-order valence-corrected chi connectivity index (χ0v) is 7.83. The van der Waals surface area contributed by atoms with Gasteiger partial charge < -0.3 is 4.74 Å². The molecule has 0 N–H and O–H groups in total. The molecule has 0 aliphatic heterocycles. The SMILES string of the molecule is COC1Cc2cc(C)ccc2C1=O. The van der Waals surface area contributed by atoms with E-state index in [1.165, 1.54) is 5.56 Å². The first kappa shape index (κ1) is 8.45. The number of hydrogen-bond acceptors (Lipinski definition) is 2. The van der Waals surface area contributed by atoms with Gasteiger partial charge in [-0.1, -0.05) is 23.8 Å². The lowest BCUT2D eigenvalue weighted by atomic mass is 10.1. The van der Waals surface area contributed by atoms with Gasteiger partial charge in [0.05, 0.1) is 0 Å². The van der Waals surface area contributed by atoms with E-state index in [1.807, 2.05) is 19.1 Å². The molecule has 0 spiro atoms. The van der Waals surface area contributed by atoms with Crippen molar-refractivity contribution in [2.24, 2.45) is 0 Å². The van der Waals surface area contributed by atoms with Crippen LogP contribution >= 0.6 is 0 Å². The predicted molar refractivity (Wildman–Crippen MR) is 50.0 cm³/mol. The van der Waals surface area contributed by atoms with Crippen molar-refractivity contribution >= 4 is 5.78 Å². The van der Waals surface area contributed by atoms with Crippen molar-refractivity contribution < 1.29 is 9.53 Å². The zero-order chi connectivity index (χ0) is 9.42. The fourth-order valence-corrected chi connectivity index (χ4v) is 1.79. The van der Waals surface area contributed by atoms with Gasteiger partial charge in [0.25, 0.3) is 0 Å². The van der Waals surface area contributed by atoms with Crippen LogP contribution in [0.3, 0.4) is 0 Å². The Kier molecular flexibility index (Phi) is 1.93. The summed E-state index contributed by atoms with van der Waals surface area (Å²) in [6, 6.07) is 5.92. The number of ether oxygens (including phenoxy) is 1. The topological polar surface area (TPSA) is 26.3 Å². The van der Waals surface area contributed by atoms with Gasteiger partial charge in [0.2, 0.25) is 0 Å². The quantitative estimate of drug-likeness (QED) is 0.651. The second-order valence-electron chi connectivity index (χ2n) is 3.45. The van der Waals surface area contributed by atoms with Crippen LogP contribution in [0.2, 0.25) is 0 Å². The van der Waals surface area contributed by atoms with Gasteiger partial charge in [-0.25, -0.2) is 0 Å². The Balaban J connectivity index is 2.44. The maximum atomic E-state index is 11.6. The summed E-state index contributed by atoms with van der Waals surface area (Å²) in [5, 5.41) is 0. The summed E-state index contributed by atoms with van der Waals surface area (Å²) in [5.41, 5.74) is 3.15. The average Bonchev–Trinajstić information content (AvgIpc) is 2.42. The van der Waals surface area contributed by atoms with E-state index < -0.39 is 0 Å². The van der Waals surface area contributed by atoms with E-state index in [2.05, 4.69) is 6.07 Å². The molecule has 0 radical (unpaired) electrons. The van der Waals surface area contributed by atoms with Crippen LogP contribution in [-0.4, -0.2) is 19.0 Å². The Labute approximate surface area is 77.5 Å². The van der Waals surface area contributed by atoms with E-state index in [0.717, 1.165) is 17.5 Å². The molecular weight excluding hydrogens is 164 g/mol. The molecule has 68 valence electrons. The Hall–Kier alpha value is -1.15. The standard InChI is InChI=1S/C11H12O2/c1-7-3-4-9-8(5-7)6-10(13-2)11(9)12/h3-5,10H,6H2,1-2H3. The molecule has 0 aromatic heterocycles. The third-order valence-electron chi connectivity index (χ3n) is 2.51. The van der Waals surface area contributed by atoms with E-state index in [9.17, 15) is 4.79 Å². The number of benzene rings is 1. The van der Waals surface area contributed by atoms with Gasteiger partial charge >= 0.3 is 0 Å². The van der Waals surface area contributed by atoms with Crippen LogP contribution in [-0.2, 0) is 11.2 Å². The van der Waals surface area contributed by atoms with Gasteiger partial charge in [0, 0.05) is 19.1 Å². The summed E-state index contributed by atoms with van der Waals surface area (Å²) in [7, 11) is 1.58. The Morgan fingerprint density at radius 1 is 1.46 bits per heavy atom. The number of Topliss-reactive ketones (excluding diaryl/α,β-unsaturated/α-hetero) is 1. The number of carbonyl (C=O) groups excluding carboxylic acids is 1. The number of ketones is 1. The maximum Gasteiger partial charge on any atom is 0.192 e. The van der Waals surface area contributed by atoms with E-state index in [1.54, 1.807) is 7.11 Å². The Bertz CT molecular complexity index is 355. The first-order valence-corrected chi connectivity index (χ1v) is 4.39. The highest BCUT2D eigenvalue weighted by Crippen LogP contribution is 2.24. The normalized spacial score (nSPS) is 20.5. The molecule has 2 nitrogen and oxygen atoms in total. The number of fused-ring (bicyclic) bond motifs is 1. The average molecular weight is 176 g/mol. The van der Waals surface area contributed by atoms with Crippen molar-refractivity contribution in [2.75, 3.05) is 7.11 Å². The first-order valence-electron chi connectivity index (χ1n) is 4.39. The summed E-state index contributed by atoms with van der Waals surface area (Å²) in [6.45, 7) is 2.03. The number of hydrogen-bond donors (Lipinski definition) is 0. The van der Waals surface area contributed by atoms with Crippen LogP contribution in [0.4, 0.5) is 0 Å². The fraction of sp³-hybridized carbons (Fsp3) is 0.364. The summed E-state index contributed by atoms with van der Waals surface area (Å²) >= 11 is 0. The van der Waals surface area contributed by atoms with E-state index >= 15 is 0 Å². The molecule has 1 unspecified atom stereocenters. The maximum absolute atomic E-state index is 11.6. The van der Waals surface area contributed by atoms with Crippen molar-refractivity contribution in [3.05, 3.63) is 34.9 Å². The number of rotatable bonds is 1. The van der Waals surface area contributed by atoms with Gasteiger partial charge in [-0.2, -0.15) is 0 Å². The lowest BCUT2D eigenvalue weighted by Crippen LogP contribution is -2.17. The smallest absolute Gasteiger partial charge is 0.192 e. The monoisotopic (exact) mass is 176 g/mol. The molecule has 1 aliphatic carbocycles. The minimum absolute atomic E-state index is 0.123. The molecule has 0 saturated carbocycles. The minimum atomic E-state index is -0.253. The summed E-state index contributed by atoms with van der Waals surface area (Å²) in [5.74, 6) is 0.123. The molecule has 1 aromatic carbocycles. The summed E-state index contributed by atoms with van der Waals surface area (Å²) < 4.78 is 5.10. The molecule has 1 atom stereocenters. The van der Waals surface area contributed by atoms with E-state index in [0.29, 0.717) is 0 Å². The van der Waals surface area contributed by atoms with Crippen LogP contribution in [0.25, 0.3) is 0 Å². The van der Waals surface area contributed by atoms with Crippen molar-refractivity contribution in [1.29, 1.82) is 0 Å². The molecular formula is C11H12O2. The number of aryl methyl sites for hydroxylation is 1. The largest absolute Gasteiger partial charge is 0.373 e. The van der Waals surface area contributed by atoms with Crippen molar-refractivity contribution in [3.8, 4) is 0 Å².